The summed E-state index contributed by atoms with van der Waals surface area (Å²) in [4.78, 5) is 0. The minimum absolute atomic E-state index is 0.650. The Kier molecular flexibility index (Phi) is 6.03. The Morgan fingerprint density at radius 3 is 1.08 bits per heavy atom. The van der Waals surface area contributed by atoms with Gasteiger partial charge in [-0.15, -0.1) is 0 Å². The number of hydrogen-bond acceptors (Lipinski definition) is 0. The molecule has 3 rings (SSSR count). The summed E-state index contributed by atoms with van der Waals surface area (Å²) >= 11 is -1.91. The zero-order valence-electron chi connectivity index (χ0n) is 16.9. The van der Waals surface area contributed by atoms with Crippen molar-refractivity contribution in [2.75, 3.05) is 0 Å². The third-order valence-electron chi connectivity index (χ3n) is 5.93. The molecule has 0 aromatic carbocycles. The minimum atomic E-state index is -1.91. The predicted molar refractivity (Wildman–Crippen MR) is 107 cm³/mol. The first kappa shape index (κ1) is 19.1. The van der Waals surface area contributed by atoms with Crippen LogP contribution in [-0.2, 0) is 21.4 Å². The van der Waals surface area contributed by atoms with Crippen molar-refractivity contribution in [3.63, 3.8) is 0 Å². The molecule has 3 aliphatic rings. The van der Waals surface area contributed by atoms with Crippen molar-refractivity contribution in [1.82, 2.24) is 0 Å². The van der Waals surface area contributed by atoms with Crippen LogP contribution >= 0.6 is 0 Å². The van der Waals surface area contributed by atoms with Crippen LogP contribution in [0.2, 0.25) is 0 Å². The summed E-state index contributed by atoms with van der Waals surface area (Å²) in [5.74, 6) is 1.95. The molecule has 0 aromatic heterocycles. The zero-order chi connectivity index (χ0) is 18.1. The topological polar surface area (TPSA) is 0 Å². The Labute approximate surface area is 162 Å². The van der Waals surface area contributed by atoms with E-state index in [0.29, 0.717) is 17.8 Å². The second-order valence-corrected chi connectivity index (χ2v) is 13.3. The molecule has 0 saturated carbocycles. The van der Waals surface area contributed by atoms with Gasteiger partial charge in [-0.3, -0.25) is 0 Å². The predicted octanol–water partition coefficient (Wildman–Crippen LogP) is 7.21. The normalized spacial score (nSPS) is 20.0. The monoisotopic (exact) mass is 366 g/mol. The summed E-state index contributed by atoms with van der Waals surface area (Å²) in [6, 6.07) is 0. The van der Waals surface area contributed by atoms with E-state index in [-0.39, 0.29) is 0 Å². The van der Waals surface area contributed by atoms with Crippen molar-refractivity contribution >= 4 is 0 Å². The van der Waals surface area contributed by atoms with Crippen molar-refractivity contribution in [2.45, 2.75) is 60.8 Å². The van der Waals surface area contributed by atoms with Gasteiger partial charge in [-0.25, -0.2) is 0 Å². The van der Waals surface area contributed by atoms with Crippen LogP contribution in [0.15, 0.2) is 63.2 Å². The van der Waals surface area contributed by atoms with Crippen LogP contribution in [0, 0.1) is 17.8 Å². The Morgan fingerprint density at radius 1 is 0.560 bits per heavy atom. The quantitative estimate of drug-likeness (QED) is 0.466. The molecule has 0 radical (unpaired) electrons. The molecular weight excluding hydrogens is 333 g/mol. The maximum atomic E-state index is 2.44. The molecule has 3 aliphatic carbocycles. The van der Waals surface area contributed by atoms with Crippen LogP contribution in [0.5, 0.6) is 0 Å². The fourth-order valence-electron chi connectivity index (χ4n) is 4.79. The van der Waals surface area contributed by atoms with E-state index >= 15 is 0 Å². The van der Waals surface area contributed by atoms with Crippen LogP contribution in [0.4, 0.5) is 0 Å². The molecule has 0 fully saturated rings. The second kappa shape index (κ2) is 7.91. The third kappa shape index (κ3) is 3.72. The Balaban J connectivity index is 2.17. The Hall–Kier alpha value is -0.690. The van der Waals surface area contributed by atoms with Crippen molar-refractivity contribution in [3.05, 3.63) is 63.2 Å². The van der Waals surface area contributed by atoms with E-state index in [2.05, 4.69) is 78.0 Å². The van der Waals surface area contributed by atoms with Crippen LogP contribution in [0.25, 0.3) is 0 Å². The number of hydrogen-bond donors (Lipinski definition) is 0. The first-order chi connectivity index (χ1) is 11.9. The van der Waals surface area contributed by atoms with E-state index < -0.39 is 21.4 Å². The summed E-state index contributed by atoms with van der Waals surface area (Å²) in [6.07, 6.45) is 18.2. The molecule has 0 aliphatic heterocycles. The molecule has 0 heterocycles. The molecule has 25 heavy (non-hydrogen) atoms. The average Bonchev–Trinajstić information content (AvgIpc) is 3.28. The molecule has 0 bridgehead atoms. The van der Waals surface area contributed by atoms with Gasteiger partial charge in [-0.1, -0.05) is 0 Å². The van der Waals surface area contributed by atoms with E-state index in [1.165, 1.54) is 19.3 Å². The van der Waals surface area contributed by atoms with Gasteiger partial charge in [0.15, 0.2) is 0 Å². The second-order valence-electron chi connectivity index (χ2n) is 8.66. The molecule has 132 valence electrons. The van der Waals surface area contributed by atoms with E-state index in [9.17, 15) is 0 Å². The van der Waals surface area contributed by atoms with E-state index in [1.807, 2.05) is 9.99 Å². The van der Waals surface area contributed by atoms with Gasteiger partial charge in [0, 0.05) is 0 Å². The van der Waals surface area contributed by atoms with Gasteiger partial charge in [-0.2, -0.15) is 0 Å². The third-order valence-corrected chi connectivity index (χ3v) is 11.9. The van der Waals surface area contributed by atoms with Crippen molar-refractivity contribution in [2.24, 2.45) is 17.8 Å². The zero-order valence-corrected chi connectivity index (χ0v) is 18.7. The molecule has 0 spiro atoms. The van der Waals surface area contributed by atoms with E-state index in [0.717, 1.165) is 0 Å². The summed E-state index contributed by atoms with van der Waals surface area (Å²) in [6.45, 7) is 14.2. The molecular formula is C24H33Sc. The Bertz CT molecular complexity index is 617. The summed E-state index contributed by atoms with van der Waals surface area (Å²) in [7, 11) is 0. The van der Waals surface area contributed by atoms with Crippen molar-refractivity contribution in [1.29, 1.82) is 0 Å². The van der Waals surface area contributed by atoms with E-state index in [4.69, 9.17) is 0 Å². The van der Waals surface area contributed by atoms with Gasteiger partial charge in [0.25, 0.3) is 0 Å². The SMILES string of the molecule is CC(C)C1=[C]([Sc]([C]2=C(C(C)C)C=CC2)[C]2=C(C(C)C)C=CC2)CC=C1. The summed E-state index contributed by atoms with van der Waals surface area (Å²) < 4.78 is 5.57. The van der Waals surface area contributed by atoms with Gasteiger partial charge in [0.2, 0.25) is 0 Å². The van der Waals surface area contributed by atoms with Crippen molar-refractivity contribution < 1.29 is 21.4 Å². The standard InChI is InChI=1S/3C8H11.Sc/c3*1-7(2)8-5-3-4-6-8;/h3*3,5,7H,4H2,1-2H3;. The summed E-state index contributed by atoms with van der Waals surface area (Å²) in [5, 5.41) is 0. The van der Waals surface area contributed by atoms with Crippen LogP contribution < -0.4 is 0 Å². The first-order valence-electron chi connectivity index (χ1n) is 10.1. The van der Waals surface area contributed by atoms with Gasteiger partial charge in [0.1, 0.15) is 0 Å². The fourth-order valence-corrected chi connectivity index (χ4v) is 12.1. The average molecular weight is 366 g/mol. The molecule has 0 amide bonds. The molecule has 0 nitrogen and oxygen atoms in total. The maximum absolute atomic E-state index is 2.44. The molecule has 0 N–H and O–H groups in total. The van der Waals surface area contributed by atoms with Crippen molar-refractivity contribution in [3.8, 4) is 0 Å². The first-order valence-corrected chi connectivity index (χ1v) is 12.8. The van der Waals surface area contributed by atoms with Crippen LogP contribution in [0.3, 0.4) is 0 Å². The van der Waals surface area contributed by atoms with Crippen LogP contribution in [-0.4, -0.2) is 0 Å². The molecule has 0 atom stereocenters. The number of rotatable bonds is 6. The van der Waals surface area contributed by atoms with E-state index in [1.54, 1.807) is 16.7 Å². The number of allylic oxidation sites excluding steroid dienone is 12. The van der Waals surface area contributed by atoms with Gasteiger partial charge in [0.05, 0.1) is 0 Å². The van der Waals surface area contributed by atoms with Gasteiger partial charge < -0.3 is 0 Å². The van der Waals surface area contributed by atoms with Gasteiger partial charge >= 0.3 is 163 Å². The Morgan fingerprint density at radius 2 is 0.840 bits per heavy atom. The van der Waals surface area contributed by atoms with Crippen LogP contribution in [0.1, 0.15) is 60.8 Å². The fraction of sp³-hybridized carbons (Fsp3) is 0.500. The molecule has 1 heteroatoms. The van der Waals surface area contributed by atoms with Gasteiger partial charge in [-0.05, 0) is 0 Å². The summed E-state index contributed by atoms with van der Waals surface area (Å²) in [5.41, 5.74) is 4.99. The molecule has 0 unspecified atom stereocenters. The molecule has 0 aromatic rings. The molecule has 0 saturated heterocycles.